The highest BCUT2D eigenvalue weighted by atomic mass is 16.3. The van der Waals surface area contributed by atoms with Crippen LogP contribution in [0, 0.1) is 17.8 Å². The second-order valence-corrected chi connectivity index (χ2v) is 6.92. The zero-order valence-electron chi connectivity index (χ0n) is 13.3. The molecule has 1 fully saturated rings. The van der Waals surface area contributed by atoms with E-state index >= 15 is 0 Å². The fourth-order valence-corrected chi connectivity index (χ4v) is 3.84. The molecule has 1 aromatic heterocycles. The molecule has 0 aliphatic heterocycles. The third-order valence-corrected chi connectivity index (χ3v) is 4.76. The Morgan fingerprint density at radius 3 is 2.85 bits per heavy atom. The summed E-state index contributed by atoms with van der Waals surface area (Å²) >= 11 is 0. The molecule has 1 heterocycles. The molecule has 4 heteroatoms. The quantitative estimate of drug-likeness (QED) is 0.901. The van der Waals surface area contributed by atoms with Crippen molar-refractivity contribution in [2.75, 3.05) is 0 Å². The maximum atomic E-state index is 11.3. The summed E-state index contributed by atoms with van der Waals surface area (Å²) < 4.78 is 1.95. The first kappa shape index (κ1) is 15.5. The van der Waals surface area contributed by atoms with E-state index in [-0.39, 0.29) is 0 Å². The van der Waals surface area contributed by atoms with E-state index in [1.54, 1.807) is 6.33 Å². The van der Waals surface area contributed by atoms with E-state index in [2.05, 4.69) is 37.8 Å². The van der Waals surface area contributed by atoms with Crippen LogP contribution in [0.1, 0.15) is 59.2 Å². The molecule has 0 saturated heterocycles. The van der Waals surface area contributed by atoms with Gasteiger partial charge in [0.05, 0.1) is 5.60 Å². The smallest absolute Gasteiger partial charge is 0.138 e. The summed E-state index contributed by atoms with van der Waals surface area (Å²) in [4.78, 5) is 4.38. The SMILES string of the molecule is CCCn1ncnc1CC1(O)CC(C)CCC1C(C)C. The number of aromatic nitrogens is 3. The molecule has 1 aliphatic carbocycles. The minimum absolute atomic E-state index is 0.366. The number of aryl methyl sites for hydroxylation is 1. The molecule has 0 spiro atoms. The second kappa shape index (κ2) is 6.25. The number of nitrogens with zero attached hydrogens (tertiary/aromatic N) is 3. The maximum Gasteiger partial charge on any atom is 0.138 e. The Morgan fingerprint density at radius 2 is 2.20 bits per heavy atom. The van der Waals surface area contributed by atoms with Crippen molar-refractivity contribution in [2.45, 2.75) is 71.9 Å². The number of aliphatic hydroxyl groups is 1. The summed E-state index contributed by atoms with van der Waals surface area (Å²) in [5.41, 5.74) is -0.621. The lowest BCUT2D eigenvalue weighted by Crippen LogP contribution is -2.47. The third-order valence-electron chi connectivity index (χ3n) is 4.76. The minimum Gasteiger partial charge on any atom is -0.389 e. The van der Waals surface area contributed by atoms with Crippen molar-refractivity contribution in [3.05, 3.63) is 12.2 Å². The van der Waals surface area contributed by atoms with Gasteiger partial charge in [0.1, 0.15) is 12.2 Å². The van der Waals surface area contributed by atoms with Gasteiger partial charge in [0.15, 0.2) is 0 Å². The average molecular weight is 279 g/mol. The minimum atomic E-state index is -0.621. The first-order valence-electron chi connectivity index (χ1n) is 8.05. The summed E-state index contributed by atoms with van der Waals surface area (Å²) in [5.74, 6) is 2.41. The molecular weight excluding hydrogens is 250 g/mol. The van der Waals surface area contributed by atoms with Gasteiger partial charge in [-0.05, 0) is 37.0 Å². The summed E-state index contributed by atoms with van der Waals surface area (Å²) in [6.07, 6.45) is 6.53. The van der Waals surface area contributed by atoms with Gasteiger partial charge in [-0.1, -0.05) is 34.1 Å². The third kappa shape index (κ3) is 3.22. The first-order valence-corrected chi connectivity index (χ1v) is 8.05. The lowest BCUT2D eigenvalue weighted by molar-refractivity contribution is -0.0813. The molecule has 20 heavy (non-hydrogen) atoms. The molecule has 114 valence electrons. The fraction of sp³-hybridized carbons (Fsp3) is 0.875. The molecule has 0 bridgehead atoms. The molecule has 3 atom stereocenters. The summed E-state index contributed by atoms with van der Waals surface area (Å²) in [5, 5.41) is 15.5. The van der Waals surface area contributed by atoms with Gasteiger partial charge in [0.25, 0.3) is 0 Å². The van der Waals surface area contributed by atoms with Crippen molar-refractivity contribution in [1.82, 2.24) is 14.8 Å². The van der Waals surface area contributed by atoms with Crippen molar-refractivity contribution in [1.29, 1.82) is 0 Å². The van der Waals surface area contributed by atoms with Gasteiger partial charge in [0.2, 0.25) is 0 Å². The Hall–Kier alpha value is -0.900. The van der Waals surface area contributed by atoms with E-state index in [1.165, 1.54) is 6.42 Å². The van der Waals surface area contributed by atoms with Gasteiger partial charge >= 0.3 is 0 Å². The molecule has 0 amide bonds. The van der Waals surface area contributed by atoms with Crippen molar-refractivity contribution < 1.29 is 5.11 Å². The van der Waals surface area contributed by atoms with Crippen LogP contribution in [-0.2, 0) is 13.0 Å². The number of rotatable bonds is 5. The van der Waals surface area contributed by atoms with Gasteiger partial charge in [0, 0.05) is 13.0 Å². The molecule has 2 rings (SSSR count). The Morgan fingerprint density at radius 1 is 1.45 bits per heavy atom. The molecule has 1 saturated carbocycles. The highest BCUT2D eigenvalue weighted by Crippen LogP contribution is 2.42. The van der Waals surface area contributed by atoms with E-state index in [9.17, 15) is 5.11 Å². The zero-order valence-corrected chi connectivity index (χ0v) is 13.3. The van der Waals surface area contributed by atoms with Crippen LogP contribution in [0.5, 0.6) is 0 Å². The Labute approximate surface area is 122 Å². The van der Waals surface area contributed by atoms with Gasteiger partial charge in [-0.2, -0.15) is 5.10 Å². The lowest BCUT2D eigenvalue weighted by atomic mass is 9.65. The summed E-state index contributed by atoms with van der Waals surface area (Å²) in [6.45, 7) is 9.72. The topological polar surface area (TPSA) is 50.9 Å². The van der Waals surface area contributed by atoms with Crippen molar-refractivity contribution in [2.24, 2.45) is 17.8 Å². The second-order valence-electron chi connectivity index (χ2n) is 6.92. The Balaban J connectivity index is 2.20. The molecule has 1 aromatic rings. The van der Waals surface area contributed by atoms with E-state index in [0.29, 0.717) is 24.2 Å². The van der Waals surface area contributed by atoms with Gasteiger partial charge in [-0.25, -0.2) is 4.98 Å². The van der Waals surface area contributed by atoms with Gasteiger partial charge < -0.3 is 5.11 Å². The average Bonchev–Trinajstić information content (AvgIpc) is 2.75. The summed E-state index contributed by atoms with van der Waals surface area (Å²) in [7, 11) is 0. The highest BCUT2D eigenvalue weighted by molar-refractivity contribution is 5.01. The first-order chi connectivity index (χ1) is 9.46. The largest absolute Gasteiger partial charge is 0.389 e. The van der Waals surface area contributed by atoms with Crippen molar-refractivity contribution in [3.8, 4) is 0 Å². The molecule has 4 nitrogen and oxygen atoms in total. The van der Waals surface area contributed by atoms with E-state index in [4.69, 9.17) is 0 Å². The zero-order chi connectivity index (χ0) is 14.8. The molecule has 3 unspecified atom stereocenters. The van der Waals surface area contributed by atoms with Gasteiger partial charge in [-0.15, -0.1) is 0 Å². The van der Waals surface area contributed by atoms with Crippen molar-refractivity contribution >= 4 is 0 Å². The van der Waals surface area contributed by atoms with Crippen LogP contribution in [0.3, 0.4) is 0 Å². The predicted octanol–water partition coefficient (Wildman–Crippen LogP) is 3.05. The molecule has 0 radical (unpaired) electrons. The van der Waals surface area contributed by atoms with Crippen LogP contribution in [0.2, 0.25) is 0 Å². The molecular formula is C16H29N3O. The van der Waals surface area contributed by atoms with E-state index in [1.807, 2.05) is 4.68 Å². The van der Waals surface area contributed by atoms with Crippen LogP contribution in [-0.4, -0.2) is 25.5 Å². The maximum absolute atomic E-state index is 11.3. The predicted molar refractivity (Wildman–Crippen MR) is 80.3 cm³/mol. The fourth-order valence-electron chi connectivity index (χ4n) is 3.84. The van der Waals surface area contributed by atoms with Crippen LogP contribution in [0.25, 0.3) is 0 Å². The van der Waals surface area contributed by atoms with Gasteiger partial charge in [-0.3, -0.25) is 4.68 Å². The number of hydrogen-bond donors (Lipinski definition) is 1. The van der Waals surface area contributed by atoms with E-state index in [0.717, 1.165) is 31.6 Å². The monoisotopic (exact) mass is 279 g/mol. The Kier molecular flexibility index (Phi) is 4.84. The van der Waals surface area contributed by atoms with Crippen LogP contribution >= 0.6 is 0 Å². The number of hydrogen-bond acceptors (Lipinski definition) is 3. The Bertz CT molecular complexity index is 429. The summed E-state index contributed by atoms with van der Waals surface area (Å²) in [6, 6.07) is 0. The lowest BCUT2D eigenvalue weighted by Gasteiger charge is -2.44. The standard InChI is InChI=1S/C16H29N3O/c1-5-8-19-15(17-11-18-19)10-16(20)9-13(4)6-7-14(16)12(2)3/h11-14,20H,5-10H2,1-4H3. The van der Waals surface area contributed by atoms with Crippen molar-refractivity contribution in [3.63, 3.8) is 0 Å². The van der Waals surface area contributed by atoms with E-state index < -0.39 is 5.60 Å². The van der Waals surface area contributed by atoms with Crippen LogP contribution in [0.4, 0.5) is 0 Å². The molecule has 0 aromatic carbocycles. The van der Waals surface area contributed by atoms with Crippen LogP contribution < -0.4 is 0 Å². The molecule has 1 N–H and O–H groups in total. The highest BCUT2D eigenvalue weighted by Gasteiger charge is 2.43. The molecule has 1 aliphatic rings. The normalized spacial score (nSPS) is 30.9. The van der Waals surface area contributed by atoms with Crippen LogP contribution in [0.15, 0.2) is 6.33 Å².